The third-order valence-electron chi connectivity index (χ3n) is 4.75. The molecule has 1 aliphatic rings. The van der Waals surface area contributed by atoms with Crippen LogP contribution in [0.5, 0.6) is 0 Å². The lowest BCUT2D eigenvalue weighted by Gasteiger charge is -2.28. The normalized spacial score (nSPS) is 14.2. The molecular formula is C20H21N5O3S. The first-order valence-electron chi connectivity index (χ1n) is 9.34. The number of nitrogens with zero attached hydrogens (tertiary/aromatic N) is 5. The molecule has 0 saturated carbocycles. The van der Waals surface area contributed by atoms with Crippen molar-refractivity contribution in [2.75, 3.05) is 31.2 Å². The summed E-state index contributed by atoms with van der Waals surface area (Å²) in [7, 11) is 0. The minimum Gasteiger partial charge on any atom is -0.378 e. The summed E-state index contributed by atoms with van der Waals surface area (Å²) in [6, 6.07) is 15.0. The Hall–Kier alpha value is -2.91. The second-order valence-electron chi connectivity index (χ2n) is 6.73. The number of rotatable bonds is 6. The van der Waals surface area contributed by atoms with E-state index >= 15 is 0 Å². The van der Waals surface area contributed by atoms with Gasteiger partial charge in [-0.15, -0.1) is 10.2 Å². The number of morpholine rings is 1. The first-order valence-corrected chi connectivity index (χ1v) is 10.3. The first-order chi connectivity index (χ1) is 14.1. The zero-order valence-electron chi connectivity index (χ0n) is 16.0. The van der Waals surface area contributed by atoms with Gasteiger partial charge in [0.15, 0.2) is 5.16 Å². The number of aromatic nitrogens is 3. The van der Waals surface area contributed by atoms with E-state index in [-0.39, 0.29) is 10.6 Å². The first kappa shape index (κ1) is 19.4. The maximum Gasteiger partial charge on any atom is 0.273 e. The van der Waals surface area contributed by atoms with E-state index in [1.165, 1.54) is 23.4 Å². The van der Waals surface area contributed by atoms with E-state index in [1.54, 1.807) is 12.1 Å². The van der Waals surface area contributed by atoms with Crippen LogP contribution in [0.15, 0.2) is 53.7 Å². The number of nitro benzene ring substituents is 1. The number of hydrogen-bond acceptors (Lipinski definition) is 7. The van der Waals surface area contributed by atoms with Gasteiger partial charge in [0.1, 0.15) is 0 Å². The predicted molar refractivity (Wildman–Crippen MR) is 112 cm³/mol. The van der Waals surface area contributed by atoms with Crippen molar-refractivity contribution in [3.8, 4) is 5.69 Å². The van der Waals surface area contributed by atoms with Crippen LogP contribution < -0.4 is 4.90 Å². The van der Waals surface area contributed by atoms with Crippen molar-refractivity contribution in [1.82, 2.24) is 14.8 Å². The van der Waals surface area contributed by atoms with E-state index in [0.717, 1.165) is 24.7 Å². The van der Waals surface area contributed by atoms with E-state index in [9.17, 15) is 10.1 Å². The van der Waals surface area contributed by atoms with E-state index in [2.05, 4.69) is 27.2 Å². The second-order valence-corrected chi connectivity index (χ2v) is 7.67. The number of para-hydroxylation sites is 1. The molecule has 4 rings (SSSR count). The van der Waals surface area contributed by atoms with Gasteiger partial charge in [0, 0.05) is 30.5 Å². The maximum absolute atomic E-state index is 11.3. The van der Waals surface area contributed by atoms with Crippen molar-refractivity contribution < 1.29 is 9.66 Å². The molecule has 0 radical (unpaired) electrons. The third kappa shape index (κ3) is 4.25. The smallest absolute Gasteiger partial charge is 0.273 e. The molecule has 0 bridgehead atoms. The predicted octanol–water partition coefficient (Wildman–Crippen LogP) is 3.61. The van der Waals surface area contributed by atoms with Crippen LogP contribution in [0.4, 0.5) is 11.6 Å². The molecule has 0 atom stereocenters. The Labute approximate surface area is 172 Å². The van der Waals surface area contributed by atoms with E-state index in [0.29, 0.717) is 29.7 Å². The average molecular weight is 411 g/mol. The van der Waals surface area contributed by atoms with Gasteiger partial charge in [0.2, 0.25) is 5.95 Å². The number of thioether (sulfide) groups is 1. The molecule has 8 nitrogen and oxygen atoms in total. The fourth-order valence-corrected chi connectivity index (χ4v) is 4.14. The molecule has 1 aromatic heterocycles. The number of anilines is 1. The molecule has 2 aromatic carbocycles. The Kier molecular flexibility index (Phi) is 5.77. The number of ether oxygens (including phenoxy) is 1. The minimum absolute atomic E-state index is 0.120. The molecule has 0 amide bonds. The molecule has 1 fully saturated rings. The quantitative estimate of drug-likeness (QED) is 0.348. The average Bonchev–Trinajstić information content (AvgIpc) is 3.17. The van der Waals surface area contributed by atoms with Crippen molar-refractivity contribution in [3.63, 3.8) is 0 Å². The van der Waals surface area contributed by atoms with Gasteiger partial charge in [-0.3, -0.25) is 14.7 Å². The molecule has 3 aromatic rings. The van der Waals surface area contributed by atoms with Crippen LogP contribution >= 0.6 is 11.8 Å². The van der Waals surface area contributed by atoms with Crippen LogP contribution in [0, 0.1) is 17.0 Å². The minimum atomic E-state index is -0.347. The zero-order valence-corrected chi connectivity index (χ0v) is 16.8. The lowest BCUT2D eigenvalue weighted by molar-refractivity contribution is -0.385. The number of benzene rings is 2. The molecule has 2 heterocycles. The van der Waals surface area contributed by atoms with Crippen molar-refractivity contribution in [1.29, 1.82) is 0 Å². The van der Waals surface area contributed by atoms with Gasteiger partial charge in [0.05, 0.1) is 23.8 Å². The summed E-state index contributed by atoms with van der Waals surface area (Å²) in [6.07, 6.45) is 0. The zero-order chi connectivity index (χ0) is 20.2. The summed E-state index contributed by atoms with van der Waals surface area (Å²) in [5.41, 5.74) is 2.92. The Balaban J connectivity index is 1.67. The maximum atomic E-state index is 11.3. The number of nitro groups is 1. The van der Waals surface area contributed by atoms with Gasteiger partial charge in [-0.1, -0.05) is 47.7 Å². The highest BCUT2D eigenvalue weighted by atomic mass is 32.2. The van der Waals surface area contributed by atoms with Gasteiger partial charge in [-0.05, 0) is 19.1 Å². The van der Waals surface area contributed by atoms with Crippen LogP contribution in [0.3, 0.4) is 0 Å². The highest BCUT2D eigenvalue weighted by Crippen LogP contribution is 2.31. The Morgan fingerprint density at radius 3 is 2.55 bits per heavy atom. The summed E-state index contributed by atoms with van der Waals surface area (Å²) in [4.78, 5) is 13.1. The highest BCUT2D eigenvalue weighted by Gasteiger charge is 2.22. The Bertz CT molecular complexity index is 1000. The van der Waals surface area contributed by atoms with Gasteiger partial charge < -0.3 is 9.64 Å². The summed E-state index contributed by atoms with van der Waals surface area (Å²) in [5, 5.41) is 20.9. The largest absolute Gasteiger partial charge is 0.378 e. The fraction of sp³-hybridized carbons (Fsp3) is 0.300. The number of hydrogen-bond donors (Lipinski definition) is 0. The molecule has 9 heteroatoms. The molecule has 29 heavy (non-hydrogen) atoms. The molecular weight excluding hydrogens is 390 g/mol. The summed E-state index contributed by atoms with van der Waals surface area (Å²) < 4.78 is 7.48. The van der Waals surface area contributed by atoms with Crippen molar-refractivity contribution in [3.05, 3.63) is 69.8 Å². The molecule has 0 unspecified atom stereocenters. The van der Waals surface area contributed by atoms with E-state index < -0.39 is 0 Å². The lowest BCUT2D eigenvalue weighted by atomic mass is 10.2. The van der Waals surface area contributed by atoms with Crippen molar-refractivity contribution in [2.24, 2.45) is 0 Å². The van der Waals surface area contributed by atoms with Gasteiger partial charge >= 0.3 is 0 Å². The van der Waals surface area contributed by atoms with Crippen LogP contribution in [0.1, 0.15) is 11.1 Å². The molecule has 150 valence electrons. The van der Waals surface area contributed by atoms with Crippen molar-refractivity contribution in [2.45, 2.75) is 17.8 Å². The molecule has 0 N–H and O–H groups in total. The van der Waals surface area contributed by atoms with Crippen LogP contribution in [-0.2, 0) is 10.5 Å². The fourth-order valence-electron chi connectivity index (χ4n) is 3.20. The Morgan fingerprint density at radius 2 is 1.83 bits per heavy atom. The summed E-state index contributed by atoms with van der Waals surface area (Å²) in [5.74, 6) is 1.20. The van der Waals surface area contributed by atoms with Crippen LogP contribution in [0.25, 0.3) is 5.69 Å². The summed E-state index contributed by atoms with van der Waals surface area (Å²) >= 11 is 1.44. The van der Waals surface area contributed by atoms with E-state index in [1.807, 2.05) is 29.7 Å². The Morgan fingerprint density at radius 1 is 1.10 bits per heavy atom. The van der Waals surface area contributed by atoms with Crippen LogP contribution in [-0.4, -0.2) is 46.0 Å². The lowest BCUT2D eigenvalue weighted by Crippen LogP contribution is -2.37. The highest BCUT2D eigenvalue weighted by molar-refractivity contribution is 7.98. The van der Waals surface area contributed by atoms with E-state index in [4.69, 9.17) is 4.74 Å². The second kappa shape index (κ2) is 8.62. The standard InChI is InChI=1S/C20H21N5O3S/c1-15-6-8-17(9-7-15)24-19(23-10-12-28-13-11-23)21-22-20(24)29-14-16-4-2-3-5-18(16)25(26)27/h2-9H,10-14H2,1H3. The van der Waals surface area contributed by atoms with Crippen molar-refractivity contribution >= 4 is 23.4 Å². The molecule has 1 saturated heterocycles. The molecule has 0 aliphatic carbocycles. The number of aryl methyl sites for hydroxylation is 1. The molecule has 0 spiro atoms. The van der Waals surface area contributed by atoms with Crippen LogP contribution in [0.2, 0.25) is 0 Å². The molecule has 1 aliphatic heterocycles. The van der Waals surface area contributed by atoms with Gasteiger partial charge in [-0.2, -0.15) is 0 Å². The van der Waals surface area contributed by atoms with Gasteiger partial charge in [0.25, 0.3) is 5.69 Å². The monoisotopic (exact) mass is 411 g/mol. The summed E-state index contributed by atoms with van der Waals surface area (Å²) in [6.45, 7) is 4.85. The SMILES string of the molecule is Cc1ccc(-n2c(SCc3ccccc3[N+](=O)[O-])nnc2N2CCOCC2)cc1. The van der Waals surface area contributed by atoms with Gasteiger partial charge in [-0.25, -0.2) is 0 Å². The third-order valence-corrected chi connectivity index (χ3v) is 5.73. The topological polar surface area (TPSA) is 86.3 Å².